The van der Waals surface area contributed by atoms with Gasteiger partial charge in [-0.3, -0.25) is 14.5 Å². The standard InChI is InChI=1S/C16H18N2O3/c1-4-13(20)18-15(12-8-6-5-7-9-12)14(11(3)19)10(2)17-16(18)21/h5-9,15H,4H2,1-3H3,(H,17,21). The van der Waals surface area contributed by atoms with Crippen molar-refractivity contribution < 1.29 is 14.4 Å². The molecule has 0 radical (unpaired) electrons. The van der Waals surface area contributed by atoms with Crippen LogP contribution < -0.4 is 5.32 Å². The first-order valence-electron chi connectivity index (χ1n) is 6.87. The van der Waals surface area contributed by atoms with Gasteiger partial charge in [0.05, 0.1) is 6.04 Å². The zero-order chi connectivity index (χ0) is 15.6. The van der Waals surface area contributed by atoms with Crippen LogP contribution in [0, 0.1) is 0 Å². The topological polar surface area (TPSA) is 66.5 Å². The molecular weight excluding hydrogens is 268 g/mol. The number of carbonyl (C=O) groups is 3. The van der Waals surface area contributed by atoms with E-state index in [2.05, 4.69) is 5.32 Å². The summed E-state index contributed by atoms with van der Waals surface area (Å²) in [6.07, 6.45) is 0.195. The van der Waals surface area contributed by atoms with Crippen molar-refractivity contribution in [3.8, 4) is 0 Å². The summed E-state index contributed by atoms with van der Waals surface area (Å²) >= 11 is 0. The summed E-state index contributed by atoms with van der Waals surface area (Å²) in [6, 6.07) is 7.98. The summed E-state index contributed by atoms with van der Waals surface area (Å²) in [5.74, 6) is -0.470. The molecule has 1 N–H and O–H groups in total. The first kappa shape index (κ1) is 15.0. The second kappa shape index (κ2) is 5.91. The van der Waals surface area contributed by atoms with Gasteiger partial charge < -0.3 is 5.32 Å². The van der Waals surface area contributed by atoms with Gasteiger partial charge in [-0.2, -0.15) is 0 Å². The normalized spacial score (nSPS) is 18.5. The summed E-state index contributed by atoms with van der Waals surface area (Å²) in [7, 11) is 0. The lowest BCUT2D eigenvalue weighted by atomic mass is 9.91. The van der Waals surface area contributed by atoms with Crippen molar-refractivity contribution in [3.63, 3.8) is 0 Å². The Labute approximate surface area is 123 Å². The molecule has 1 heterocycles. The van der Waals surface area contributed by atoms with Crippen LogP contribution in [0.2, 0.25) is 0 Å². The van der Waals surface area contributed by atoms with Crippen LogP contribution in [0.3, 0.4) is 0 Å². The van der Waals surface area contributed by atoms with Gasteiger partial charge in [0.1, 0.15) is 0 Å². The van der Waals surface area contributed by atoms with E-state index in [0.29, 0.717) is 11.3 Å². The molecule has 1 aromatic carbocycles. The molecule has 0 aromatic heterocycles. The fourth-order valence-electron chi connectivity index (χ4n) is 2.57. The summed E-state index contributed by atoms with van der Waals surface area (Å²) in [5, 5.41) is 2.60. The van der Waals surface area contributed by atoms with Gasteiger partial charge in [-0.15, -0.1) is 0 Å². The zero-order valence-corrected chi connectivity index (χ0v) is 12.3. The lowest BCUT2D eigenvalue weighted by molar-refractivity contribution is -0.129. The highest BCUT2D eigenvalue weighted by Gasteiger charge is 2.39. The van der Waals surface area contributed by atoms with Crippen LogP contribution in [0.1, 0.15) is 38.8 Å². The third-order valence-corrected chi connectivity index (χ3v) is 3.51. The van der Waals surface area contributed by atoms with E-state index in [4.69, 9.17) is 0 Å². The molecule has 1 atom stereocenters. The first-order chi connectivity index (χ1) is 9.97. The van der Waals surface area contributed by atoms with Gasteiger partial charge in [0.2, 0.25) is 5.91 Å². The summed E-state index contributed by atoms with van der Waals surface area (Å²) in [5.41, 5.74) is 1.70. The number of hydrogen-bond donors (Lipinski definition) is 1. The zero-order valence-electron chi connectivity index (χ0n) is 12.3. The van der Waals surface area contributed by atoms with Crippen LogP contribution >= 0.6 is 0 Å². The second-order valence-corrected chi connectivity index (χ2v) is 4.96. The van der Waals surface area contributed by atoms with E-state index < -0.39 is 12.1 Å². The fraction of sp³-hybridized carbons (Fsp3) is 0.312. The maximum absolute atomic E-state index is 12.2. The number of nitrogens with zero attached hydrogens (tertiary/aromatic N) is 1. The molecule has 1 aliphatic rings. The Bertz CT molecular complexity index is 620. The van der Waals surface area contributed by atoms with Crippen molar-refractivity contribution in [2.45, 2.75) is 33.2 Å². The maximum Gasteiger partial charge on any atom is 0.329 e. The number of imide groups is 1. The molecule has 21 heavy (non-hydrogen) atoms. The lowest BCUT2D eigenvalue weighted by Crippen LogP contribution is -2.50. The van der Waals surface area contributed by atoms with Crippen LogP contribution in [-0.4, -0.2) is 22.6 Å². The molecule has 3 amide bonds. The molecular formula is C16H18N2O3. The minimum absolute atomic E-state index is 0.157. The molecule has 110 valence electrons. The third kappa shape index (κ3) is 2.72. The molecule has 2 rings (SSSR count). The largest absolute Gasteiger partial charge is 0.329 e. The average Bonchev–Trinajstić information content (AvgIpc) is 2.46. The number of allylic oxidation sites excluding steroid dienone is 1. The Morgan fingerprint density at radius 1 is 1.24 bits per heavy atom. The molecule has 0 saturated heterocycles. The molecule has 0 aliphatic carbocycles. The maximum atomic E-state index is 12.2. The minimum atomic E-state index is -0.662. The van der Waals surface area contributed by atoms with E-state index in [0.717, 1.165) is 10.5 Å². The van der Waals surface area contributed by atoms with Crippen molar-refractivity contribution in [2.24, 2.45) is 0 Å². The summed E-state index contributed by atoms with van der Waals surface area (Å²) < 4.78 is 0. The average molecular weight is 286 g/mol. The molecule has 0 fully saturated rings. The van der Waals surface area contributed by atoms with Gasteiger partial charge in [-0.05, 0) is 19.4 Å². The fourth-order valence-corrected chi connectivity index (χ4v) is 2.57. The molecule has 0 spiro atoms. The number of nitrogens with one attached hydrogen (secondary N) is 1. The first-order valence-corrected chi connectivity index (χ1v) is 6.87. The van der Waals surface area contributed by atoms with Crippen molar-refractivity contribution in [1.29, 1.82) is 0 Å². The number of amides is 3. The number of hydrogen-bond acceptors (Lipinski definition) is 3. The van der Waals surface area contributed by atoms with Crippen LogP contribution in [0.4, 0.5) is 4.79 Å². The smallest absolute Gasteiger partial charge is 0.311 e. The molecule has 1 unspecified atom stereocenters. The number of benzene rings is 1. The highest BCUT2D eigenvalue weighted by molar-refractivity contribution is 6.03. The Morgan fingerprint density at radius 3 is 2.38 bits per heavy atom. The highest BCUT2D eigenvalue weighted by atomic mass is 16.2. The lowest BCUT2D eigenvalue weighted by Gasteiger charge is -2.36. The van der Waals surface area contributed by atoms with Gasteiger partial charge in [0.15, 0.2) is 5.78 Å². The van der Waals surface area contributed by atoms with Crippen molar-refractivity contribution in [1.82, 2.24) is 10.2 Å². The van der Waals surface area contributed by atoms with E-state index in [-0.39, 0.29) is 18.1 Å². The number of Topliss-reactive ketones (excluding diaryl/α,β-unsaturated/α-hetero) is 1. The van der Waals surface area contributed by atoms with E-state index in [9.17, 15) is 14.4 Å². The van der Waals surface area contributed by atoms with Gasteiger partial charge >= 0.3 is 6.03 Å². The molecule has 1 aromatic rings. The number of rotatable bonds is 3. The third-order valence-electron chi connectivity index (χ3n) is 3.51. The monoisotopic (exact) mass is 286 g/mol. The Morgan fingerprint density at radius 2 is 1.86 bits per heavy atom. The quantitative estimate of drug-likeness (QED) is 0.928. The molecule has 1 aliphatic heterocycles. The van der Waals surface area contributed by atoms with Crippen LogP contribution in [0.25, 0.3) is 0 Å². The van der Waals surface area contributed by atoms with Crippen LogP contribution in [-0.2, 0) is 9.59 Å². The summed E-state index contributed by atoms with van der Waals surface area (Å²) in [6.45, 7) is 4.81. The van der Waals surface area contributed by atoms with Gasteiger partial charge in [0, 0.05) is 17.7 Å². The predicted molar refractivity (Wildman–Crippen MR) is 78.2 cm³/mol. The van der Waals surface area contributed by atoms with Gasteiger partial charge in [0.25, 0.3) is 0 Å². The van der Waals surface area contributed by atoms with Gasteiger partial charge in [-0.1, -0.05) is 37.3 Å². The number of ketones is 1. The Balaban J connectivity index is 2.63. The van der Waals surface area contributed by atoms with E-state index in [1.165, 1.54) is 6.92 Å². The Hall–Kier alpha value is -2.43. The molecule has 5 nitrogen and oxygen atoms in total. The number of carbonyl (C=O) groups excluding carboxylic acids is 3. The molecule has 5 heteroatoms. The SMILES string of the molecule is CCC(=O)N1C(=O)NC(C)=C(C(C)=O)C1c1ccccc1. The van der Waals surface area contributed by atoms with E-state index in [1.54, 1.807) is 13.8 Å². The van der Waals surface area contributed by atoms with Crippen molar-refractivity contribution in [3.05, 3.63) is 47.2 Å². The van der Waals surface area contributed by atoms with Crippen LogP contribution in [0.15, 0.2) is 41.6 Å². The molecule has 0 bridgehead atoms. The second-order valence-electron chi connectivity index (χ2n) is 4.96. The minimum Gasteiger partial charge on any atom is -0.311 e. The van der Waals surface area contributed by atoms with Gasteiger partial charge in [-0.25, -0.2) is 4.79 Å². The van der Waals surface area contributed by atoms with E-state index in [1.807, 2.05) is 30.3 Å². The van der Waals surface area contributed by atoms with Crippen molar-refractivity contribution >= 4 is 17.7 Å². The Kier molecular flexibility index (Phi) is 4.21. The van der Waals surface area contributed by atoms with Crippen molar-refractivity contribution in [2.75, 3.05) is 0 Å². The predicted octanol–water partition coefficient (Wildman–Crippen LogP) is 2.55. The molecule has 0 saturated carbocycles. The number of urea groups is 1. The highest BCUT2D eigenvalue weighted by Crippen LogP contribution is 2.34. The van der Waals surface area contributed by atoms with E-state index >= 15 is 0 Å². The van der Waals surface area contributed by atoms with Crippen LogP contribution in [0.5, 0.6) is 0 Å². The summed E-state index contributed by atoms with van der Waals surface area (Å²) in [4.78, 5) is 37.5.